The quantitative estimate of drug-likeness (QED) is 0.182. The summed E-state index contributed by atoms with van der Waals surface area (Å²) in [5, 5.41) is 0. The molecule has 0 amide bonds. The summed E-state index contributed by atoms with van der Waals surface area (Å²) in [6, 6.07) is 0. The van der Waals surface area contributed by atoms with E-state index in [9.17, 15) is 0 Å². The van der Waals surface area contributed by atoms with E-state index in [0.717, 1.165) is 45.4 Å². The summed E-state index contributed by atoms with van der Waals surface area (Å²) in [4.78, 5) is 2.21. The third-order valence-electron chi connectivity index (χ3n) is 4.33. The fourth-order valence-corrected chi connectivity index (χ4v) is 2.76. The van der Waals surface area contributed by atoms with Crippen LogP contribution in [-0.4, -0.2) is 38.8 Å². The molecule has 0 aliphatic heterocycles. The molecule has 26 heavy (non-hydrogen) atoms. The summed E-state index contributed by atoms with van der Waals surface area (Å²) in [6.45, 7) is 5.16. The van der Waals surface area contributed by atoms with E-state index in [2.05, 4.69) is 62.4 Å². The molecular formula is C24H45NO. The molecule has 0 atom stereocenters. The summed E-state index contributed by atoms with van der Waals surface area (Å²) < 4.78 is 5.67. The Hall–Kier alpha value is -0.860. The van der Waals surface area contributed by atoms with Gasteiger partial charge in [0, 0.05) is 13.2 Å². The Morgan fingerprint density at radius 1 is 0.615 bits per heavy atom. The van der Waals surface area contributed by atoms with Crippen molar-refractivity contribution >= 4 is 0 Å². The number of nitrogens with zero attached hydrogens (tertiary/aromatic N) is 1. The first-order valence-electron chi connectivity index (χ1n) is 10.9. The summed E-state index contributed by atoms with van der Waals surface area (Å²) in [6.07, 6.45) is 28.7. The van der Waals surface area contributed by atoms with Crippen LogP contribution in [0, 0.1) is 0 Å². The van der Waals surface area contributed by atoms with Gasteiger partial charge in [-0.1, -0.05) is 75.5 Å². The van der Waals surface area contributed by atoms with Crippen molar-refractivity contribution in [2.24, 2.45) is 0 Å². The van der Waals surface area contributed by atoms with Crippen LogP contribution in [0.15, 0.2) is 36.5 Å². The highest BCUT2D eigenvalue weighted by atomic mass is 16.5. The predicted molar refractivity (Wildman–Crippen MR) is 118 cm³/mol. The molecule has 0 N–H and O–H groups in total. The van der Waals surface area contributed by atoms with Gasteiger partial charge in [0.2, 0.25) is 0 Å². The lowest BCUT2D eigenvalue weighted by Crippen LogP contribution is -2.14. The number of ether oxygens (including phenoxy) is 1. The van der Waals surface area contributed by atoms with Crippen LogP contribution >= 0.6 is 0 Å². The van der Waals surface area contributed by atoms with Gasteiger partial charge in [-0.2, -0.15) is 0 Å². The van der Waals surface area contributed by atoms with Gasteiger partial charge in [-0.05, 0) is 65.6 Å². The standard InChI is InChI=1S/C24H45NO/c1-4-5-6-7-8-9-10-11-12-13-14-15-16-17-18-19-20-23-26-24-21-22-25(2)3/h5-6,8-9,11-12H,4,7,10,13-24H2,1-3H3/b6-5-,9-8-,12-11-. The molecule has 2 nitrogen and oxygen atoms in total. The molecule has 0 aliphatic rings. The molecular weight excluding hydrogens is 318 g/mol. The molecule has 0 aliphatic carbocycles. The van der Waals surface area contributed by atoms with Gasteiger partial charge in [0.25, 0.3) is 0 Å². The molecule has 0 heterocycles. The molecule has 0 saturated heterocycles. The van der Waals surface area contributed by atoms with Gasteiger partial charge >= 0.3 is 0 Å². The van der Waals surface area contributed by atoms with Crippen LogP contribution in [0.3, 0.4) is 0 Å². The Kier molecular flexibility index (Phi) is 21.4. The average Bonchev–Trinajstić information content (AvgIpc) is 2.62. The minimum absolute atomic E-state index is 0.914. The van der Waals surface area contributed by atoms with E-state index in [-0.39, 0.29) is 0 Å². The van der Waals surface area contributed by atoms with E-state index in [0.29, 0.717) is 0 Å². The van der Waals surface area contributed by atoms with Crippen LogP contribution in [0.1, 0.15) is 84.0 Å². The van der Waals surface area contributed by atoms with Gasteiger partial charge in [-0.15, -0.1) is 0 Å². The molecule has 0 spiro atoms. The Balaban J connectivity index is 3.15. The first-order valence-corrected chi connectivity index (χ1v) is 10.9. The lowest BCUT2D eigenvalue weighted by atomic mass is 10.1. The number of allylic oxidation sites excluding steroid dienone is 6. The van der Waals surface area contributed by atoms with E-state index in [1.54, 1.807) is 0 Å². The Morgan fingerprint density at radius 2 is 1.15 bits per heavy atom. The average molecular weight is 364 g/mol. The molecule has 0 saturated carbocycles. The van der Waals surface area contributed by atoms with Gasteiger partial charge in [-0.3, -0.25) is 0 Å². The maximum Gasteiger partial charge on any atom is 0.0478 e. The molecule has 0 radical (unpaired) electrons. The summed E-state index contributed by atoms with van der Waals surface area (Å²) in [7, 11) is 4.23. The van der Waals surface area contributed by atoms with Gasteiger partial charge in [-0.25, -0.2) is 0 Å². The van der Waals surface area contributed by atoms with E-state index in [1.165, 1.54) is 51.4 Å². The van der Waals surface area contributed by atoms with Crippen molar-refractivity contribution < 1.29 is 4.74 Å². The second-order valence-corrected chi connectivity index (χ2v) is 7.33. The molecule has 0 rings (SSSR count). The highest BCUT2D eigenvalue weighted by molar-refractivity contribution is 4.96. The third-order valence-corrected chi connectivity index (χ3v) is 4.33. The Morgan fingerprint density at radius 3 is 1.81 bits per heavy atom. The predicted octanol–water partition coefficient (Wildman–Crippen LogP) is 6.93. The maximum atomic E-state index is 5.67. The van der Waals surface area contributed by atoms with Crippen LogP contribution in [0.5, 0.6) is 0 Å². The van der Waals surface area contributed by atoms with Crippen LogP contribution in [0.2, 0.25) is 0 Å². The first-order chi connectivity index (χ1) is 12.8. The van der Waals surface area contributed by atoms with Gasteiger partial charge in [0.05, 0.1) is 0 Å². The maximum absolute atomic E-state index is 5.67. The summed E-state index contributed by atoms with van der Waals surface area (Å²) >= 11 is 0. The van der Waals surface area contributed by atoms with Crippen LogP contribution in [0.25, 0.3) is 0 Å². The van der Waals surface area contributed by atoms with Crippen molar-refractivity contribution in [2.75, 3.05) is 33.9 Å². The minimum Gasteiger partial charge on any atom is -0.381 e. The van der Waals surface area contributed by atoms with Crippen LogP contribution in [0.4, 0.5) is 0 Å². The van der Waals surface area contributed by atoms with Crippen molar-refractivity contribution in [2.45, 2.75) is 84.0 Å². The van der Waals surface area contributed by atoms with Crippen molar-refractivity contribution in [3.05, 3.63) is 36.5 Å². The van der Waals surface area contributed by atoms with Crippen molar-refractivity contribution in [3.8, 4) is 0 Å². The highest BCUT2D eigenvalue weighted by Crippen LogP contribution is 2.09. The van der Waals surface area contributed by atoms with Gasteiger partial charge < -0.3 is 9.64 Å². The van der Waals surface area contributed by atoms with Crippen molar-refractivity contribution in [3.63, 3.8) is 0 Å². The van der Waals surface area contributed by atoms with E-state index >= 15 is 0 Å². The number of unbranched alkanes of at least 4 members (excludes halogenated alkanes) is 7. The fraction of sp³-hybridized carbons (Fsp3) is 0.750. The first kappa shape index (κ1) is 25.1. The molecule has 0 aromatic rings. The zero-order chi connectivity index (χ0) is 19.1. The van der Waals surface area contributed by atoms with Crippen molar-refractivity contribution in [1.82, 2.24) is 4.90 Å². The zero-order valence-electron chi connectivity index (χ0n) is 17.9. The van der Waals surface area contributed by atoms with Gasteiger partial charge in [0.1, 0.15) is 0 Å². The normalized spacial score (nSPS) is 12.5. The SMILES string of the molecule is CC/C=C\C/C=C\C/C=C\CCCCCCCCCOCCCN(C)C. The number of hydrogen-bond donors (Lipinski definition) is 0. The monoisotopic (exact) mass is 363 g/mol. The minimum atomic E-state index is 0.914. The van der Waals surface area contributed by atoms with Crippen LogP contribution < -0.4 is 0 Å². The molecule has 2 heteroatoms. The second-order valence-electron chi connectivity index (χ2n) is 7.33. The smallest absolute Gasteiger partial charge is 0.0478 e. The Bertz CT molecular complexity index is 344. The van der Waals surface area contributed by atoms with E-state index in [4.69, 9.17) is 4.74 Å². The Labute approximate surface area is 164 Å². The van der Waals surface area contributed by atoms with Crippen LogP contribution in [-0.2, 0) is 4.74 Å². The van der Waals surface area contributed by atoms with Crippen molar-refractivity contribution in [1.29, 1.82) is 0 Å². The molecule has 0 fully saturated rings. The molecule has 0 aromatic heterocycles. The van der Waals surface area contributed by atoms with E-state index in [1.807, 2.05) is 0 Å². The number of hydrogen-bond acceptors (Lipinski definition) is 2. The molecule has 0 unspecified atom stereocenters. The fourth-order valence-electron chi connectivity index (χ4n) is 2.76. The number of rotatable bonds is 19. The lowest BCUT2D eigenvalue weighted by molar-refractivity contribution is 0.122. The summed E-state index contributed by atoms with van der Waals surface area (Å²) in [5.74, 6) is 0. The molecule has 152 valence electrons. The largest absolute Gasteiger partial charge is 0.381 e. The topological polar surface area (TPSA) is 12.5 Å². The van der Waals surface area contributed by atoms with E-state index < -0.39 is 0 Å². The zero-order valence-corrected chi connectivity index (χ0v) is 17.9. The summed E-state index contributed by atoms with van der Waals surface area (Å²) in [5.41, 5.74) is 0. The van der Waals surface area contributed by atoms with Gasteiger partial charge in [0.15, 0.2) is 0 Å². The lowest BCUT2D eigenvalue weighted by Gasteiger charge is -2.09. The molecule has 0 bridgehead atoms. The molecule has 0 aromatic carbocycles. The highest BCUT2D eigenvalue weighted by Gasteiger charge is 1.94. The third kappa shape index (κ3) is 23.1. The second kappa shape index (κ2) is 22.2.